The first-order valence-corrected chi connectivity index (χ1v) is 12.1. The first kappa shape index (κ1) is 26.0. The van der Waals surface area contributed by atoms with Gasteiger partial charge in [0.25, 0.3) is 0 Å². The van der Waals surface area contributed by atoms with Crippen LogP contribution in [0, 0.1) is 0 Å². The summed E-state index contributed by atoms with van der Waals surface area (Å²) in [6, 6.07) is 8.25. The van der Waals surface area contributed by atoms with Crippen LogP contribution in [-0.2, 0) is 16.1 Å². The van der Waals surface area contributed by atoms with E-state index in [9.17, 15) is 4.79 Å². The number of hydrogen-bond donors (Lipinski definition) is 1. The van der Waals surface area contributed by atoms with Crippen LogP contribution in [0.5, 0.6) is 5.75 Å². The van der Waals surface area contributed by atoms with E-state index in [1.54, 1.807) is 0 Å². The lowest BCUT2D eigenvalue weighted by Gasteiger charge is -2.37. The third-order valence-corrected chi connectivity index (χ3v) is 6.45. The number of ether oxygens (including phenoxy) is 2. The van der Waals surface area contributed by atoms with Gasteiger partial charge in [-0.05, 0) is 32.3 Å². The number of carbonyl (C=O) groups excluding carboxylic acids is 1. The maximum Gasteiger partial charge on any atom is 0.236 e. The van der Waals surface area contributed by atoms with Crippen LogP contribution in [0.4, 0.5) is 0 Å². The number of rotatable bonds is 7. The Kier molecular flexibility index (Phi) is 10.5. The lowest BCUT2D eigenvalue weighted by atomic mass is 9.96. The number of piperazine rings is 1. The Hall–Kier alpha value is -1.59. The van der Waals surface area contributed by atoms with Gasteiger partial charge < -0.3 is 24.6 Å². The van der Waals surface area contributed by atoms with Crippen molar-refractivity contribution >= 4 is 35.8 Å². The molecular formula is C24H38IN5O3. The average molecular weight is 572 g/mol. The van der Waals surface area contributed by atoms with Gasteiger partial charge >= 0.3 is 0 Å². The number of amides is 1. The maximum absolute atomic E-state index is 12.5. The van der Waals surface area contributed by atoms with E-state index in [1.165, 1.54) is 6.42 Å². The molecule has 2 saturated heterocycles. The molecular weight excluding hydrogens is 533 g/mol. The number of nitrogens with one attached hydrogen (secondary N) is 1. The molecule has 9 heteroatoms. The molecule has 33 heavy (non-hydrogen) atoms. The predicted molar refractivity (Wildman–Crippen MR) is 140 cm³/mol. The molecule has 1 aromatic carbocycles. The van der Waals surface area contributed by atoms with Gasteiger partial charge in [-0.3, -0.25) is 9.69 Å². The number of carbonyl (C=O) groups is 1. The summed E-state index contributed by atoms with van der Waals surface area (Å²) >= 11 is 0. The molecule has 1 saturated carbocycles. The summed E-state index contributed by atoms with van der Waals surface area (Å²) in [6.07, 6.45) is 3.93. The van der Waals surface area contributed by atoms with Gasteiger partial charge in [0, 0.05) is 51.4 Å². The Morgan fingerprint density at radius 3 is 2.48 bits per heavy atom. The van der Waals surface area contributed by atoms with Crippen molar-refractivity contribution in [3.8, 4) is 5.75 Å². The summed E-state index contributed by atoms with van der Waals surface area (Å²) in [7, 11) is 0. The van der Waals surface area contributed by atoms with Crippen molar-refractivity contribution in [2.75, 3.05) is 65.6 Å². The molecule has 3 aliphatic rings. The molecule has 0 unspecified atom stereocenters. The van der Waals surface area contributed by atoms with Crippen molar-refractivity contribution in [3.63, 3.8) is 0 Å². The van der Waals surface area contributed by atoms with Gasteiger partial charge in [-0.1, -0.05) is 18.2 Å². The molecule has 184 valence electrons. The van der Waals surface area contributed by atoms with Crippen LogP contribution in [0.25, 0.3) is 0 Å². The Labute approximate surface area is 214 Å². The Bertz CT molecular complexity index is 775. The fourth-order valence-electron chi connectivity index (χ4n) is 4.23. The van der Waals surface area contributed by atoms with E-state index in [0.717, 1.165) is 62.8 Å². The SMILES string of the molecule is CCNC(=NCc1ccccc1OC1CCC1)N1CCN(CC(=O)N2CCOCC2)CC1.I. The monoisotopic (exact) mass is 571 g/mol. The molecule has 4 rings (SSSR count). The van der Waals surface area contributed by atoms with Crippen molar-refractivity contribution in [2.24, 2.45) is 4.99 Å². The second-order valence-electron chi connectivity index (χ2n) is 8.71. The number of para-hydroxylation sites is 1. The highest BCUT2D eigenvalue weighted by Gasteiger charge is 2.24. The van der Waals surface area contributed by atoms with Gasteiger partial charge in [-0.15, -0.1) is 24.0 Å². The molecule has 1 aromatic rings. The quantitative estimate of drug-likeness (QED) is 0.308. The van der Waals surface area contributed by atoms with Gasteiger partial charge in [0.15, 0.2) is 5.96 Å². The third-order valence-electron chi connectivity index (χ3n) is 6.45. The normalized spacial score (nSPS) is 20.1. The van der Waals surface area contributed by atoms with Crippen LogP contribution in [0.2, 0.25) is 0 Å². The summed E-state index contributed by atoms with van der Waals surface area (Å²) in [4.78, 5) is 23.9. The number of guanidine groups is 1. The van der Waals surface area contributed by atoms with E-state index < -0.39 is 0 Å². The Morgan fingerprint density at radius 2 is 1.82 bits per heavy atom. The lowest BCUT2D eigenvalue weighted by Crippen LogP contribution is -2.54. The van der Waals surface area contributed by atoms with E-state index in [2.05, 4.69) is 40.2 Å². The van der Waals surface area contributed by atoms with Crippen molar-refractivity contribution in [1.82, 2.24) is 20.0 Å². The minimum atomic E-state index is 0. The molecule has 1 amide bonds. The largest absolute Gasteiger partial charge is 0.490 e. The van der Waals surface area contributed by atoms with Crippen LogP contribution >= 0.6 is 24.0 Å². The zero-order valence-electron chi connectivity index (χ0n) is 19.7. The number of nitrogens with zero attached hydrogens (tertiary/aromatic N) is 4. The summed E-state index contributed by atoms with van der Waals surface area (Å²) in [6.45, 7) is 10.2. The van der Waals surface area contributed by atoms with Crippen molar-refractivity contribution in [3.05, 3.63) is 29.8 Å². The second kappa shape index (κ2) is 13.3. The molecule has 2 heterocycles. The first-order valence-electron chi connectivity index (χ1n) is 12.1. The average Bonchev–Trinajstić information content (AvgIpc) is 2.81. The molecule has 3 fully saturated rings. The fraction of sp³-hybridized carbons (Fsp3) is 0.667. The van der Waals surface area contributed by atoms with Crippen LogP contribution in [0.1, 0.15) is 31.7 Å². The highest BCUT2D eigenvalue weighted by Crippen LogP contribution is 2.28. The third kappa shape index (κ3) is 7.45. The molecule has 0 aromatic heterocycles. The van der Waals surface area contributed by atoms with Crippen molar-refractivity contribution < 1.29 is 14.3 Å². The van der Waals surface area contributed by atoms with Crippen molar-refractivity contribution in [1.29, 1.82) is 0 Å². The van der Waals surface area contributed by atoms with Gasteiger partial charge in [-0.25, -0.2) is 4.99 Å². The van der Waals surface area contributed by atoms with Gasteiger partial charge in [0.1, 0.15) is 5.75 Å². The zero-order valence-corrected chi connectivity index (χ0v) is 22.0. The van der Waals surface area contributed by atoms with E-state index in [4.69, 9.17) is 14.5 Å². The predicted octanol–water partition coefficient (Wildman–Crippen LogP) is 2.18. The number of hydrogen-bond acceptors (Lipinski definition) is 5. The van der Waals surface area contributed by atoms with Gasteiger partial charge in [-0.2, -0.15) is 0 Å². The van der Waals surface area contributed by atoms with Crippen molar-refractivity contribution in [2.45, 2.75) is 38.8 Å². The van der Waals surface area contributed by atoms with Crippen LogP contribution in [-0.4, -0.2) is 98.2 Å². The molecule has 0 bridgehead atoms. The number of benzene rings is 1. The van der Waals surface area contributed by atoms with E-state index in [0.29, 0.717) is 45.5 Å². The van der Waals surface area contributed by atoms with E-state index in [1.807, 2.05) is 11.0 Å². The Morgan fingerprint density at radius 1 is 1.09 bits per heavy atom. The Balaban J connectivity index is 0.00000306. The molecule has 0 spiro atoms. The number of morpholine rings is 1. The molecule has 2 aliphatic heterocycles. The summed E-state index contributed by atoms with van der Waals surface area (Å²) < 4.78 is 11.5. The van der Waals surface area contributed by atoms with Gasteiger partial charge in [0.2, 0.25) is 5.91 Å². The standard InChI is InChI=1S/C24H37N5O3.HI/c1-2-25-24(26-18-20-6-3-4-9-22(20)32-21-7-5-8-21)29-12-10-27(11-13-29)19-23(30)28-14-16-31-17-15-28;/h3-4,6,9,21H,2,5,7-8,10-19H2,1H3,(H,25,26);1H. The first-order chi connectivity index (χ1) is 15.7. The fourth-order valence-corrected chi connectivity index (χ4v) is 4.23. The molecule has 1 aliphatic carbocycles. The zero-order chi connectivity index (χ0) is 22.2. The van der Waals surface area contributed by atoms with E-state index in [-0.39, 0.29) is 29.9 Å². The van der Waals surface area contributed by atoms with Crippen LogP contribution in [0.15, 0.2) is 29.3 Å². The lowest BCUT2D eigenvalue weighted by molar-refractivity contribution is -0.136. The summed E-state index contributed by atoms with van der Waals surface area (Å²) in [5.41, 5.74) is 1.13. The molecule has 0 atom stereocenters. The van der Waals surface area contributed by atoms with Crippen LogP contribution in [0.3, 0.4) is 0 Å². The van der Waals surface area contributed by atoms with Crippen LogP contribution < -0.4 is 10.1 Å². The molecule has 8 nitrogen and oxygen atoms in total. The molecule has 1 N–H and O–H groups in total. The highest BCUT2D eigenvalue weighted by molar-refractivity contribution is 14.0. The second-order valence-corrected chi connectivity index (χ2v) is 8.71. The minimum absolute atomic E-state index is 0. The number of halogens is 1. The highest BCUT2D eigenvalue weighted by atomic mass is 127. The molecule has 0 radical (unpaired) electrons. The number of aliphatic imine (C=N–C) groups is 1. The van der Waals surface area contributed by atoms with E-state index >= 15 is 0 Å². The summed E-state index contributed by atoms with van der Waals surface area (Å²) in [5, 5.41) is 3.44. The summed E-state index contributed by atoms with van der Waals surface area (Å²) in [5.74, 6) is 2.11. The smallest absolute Gasteiger partial charge is 0.236 e. The maximum atomic E-state index is 12.5. The van der Waals surface area contributed by atoms with Gasteiger partial charge in [0.05, 0.1) is 32.4 Å². The minimum Gasteiger partial charge on any atom is -0.490 e. The topological polar surface area (TPSA) is 69.6 Å².